The molecule has 7 nitrogen and oxygen atoms in total. The van der Waals surface area contributed by atoms with Gasteiger partial charge in [0.2, 0.25) is 5.91 Å². The van der Waals surface area contributed by atoms with E-state index in [9.17, 15) is 4.79 Å². The zero-order valence-electron chi connectivity index (χ0n) is 12.5. The second kappa shape index (κ2) is 7.78. The van der Waals surface area contributed by atoms with Gasteiger partial charge in [0.05, 0.1) is 6.54 Å². The van der Waals surface area contributed by atoms with E-state index in [1.807, 2.05) is 11.8 Å². The summed E-state index contributed by atoms with van der Waals surface area (Å²) in [7, 11) is 0. The quantitative estimate of drug-likeness (QED) is 0.813. The monoisotopic (exact) mass is 293 g/mol. The number of aromatic nitrogens is 2. The minimum absolute atomic E-state index is 0.0956. The van der Waals surface area contributed by atoms with E-state index >= 15 is 0 Å². The third-order valence-corrected chi connectivity index (χ3v) is 3.36. The molecule has 1 fully saturated rings. The second-order valence-corrected chi connectivity index (χ2v) is 5.03. The Labute approximate surface area is 124 Å². The van der Waals surface area contributed by atoms with E-state index in [-0.39, 0.29) is 12.5 Å². The summed E-state index contributed by atoms with van der Waals surface area (Å²) in [5, 5.41) is 3.02. The predicted octanol–water partition coefficient (Wildman–Crippen LogP) is 1.02. The summed E-state index contributed by atoms with van der Waals surface area (Å²) in [6, 6.07) is 1.62. The first-order valence-corrected chi connectivity index (χ1v) is 7.42. The van der Waals surface area contributed by atoms with Crippen LogP contribution in [0.4, 0.5) is 11.6 Å². The van der Waals surface area contributed by atoms with Crippen LogP contribution in [0.15, 0.2) is 6.07 Å². The van der Waals surface area contributed by atoms with Gasteiger partial charge in [-0.05, 0) is 26.2 Å². The van der Waals surface area contributed by atoms with Crippen LogP contribution in [0.3, 0.4) is 0 Å². The molecule has 3 N–H and O–H groups in total. The van der Waals surface area contributed by atoms with Crippen LogP contribution in [0.5, 0.6) is 0 Å². The van der Waals surface area contributed by atoms with Gasteiger partial charge < -0.3 is 20.7 Å². The number of carbonyl (C=O) groups excluding carboxylic acids is 1. The summed E-state index contributed by atoms with van der Waals surface area (Å²) in [5.74, 6) is 1.54. The van der Waals surface area contributed by atoms with Gasteiger partial charge in [0.1, 0.15) is 18.2 Å². The first-order chi connectivity index (χ1) is 10.2. The molecule has 0 atom stereocenters. The molecule has 1 amide bonds. The highest BCUT2D eigenvalue weighted by molar-refractivity contribution is 5.80. The Kier molecular flexibility index (Phi) is 5.74. The van der Waals surface area contributed by atoms with Crippen LogP contribution in [0.2, 0.25) is 0 Å². The summed E-state index contributed by atoms with van der Waals surface area (Å²) < 4.78 is 5.27. The van der Waals surface area contributed by atoms with Gasteiger partial charge in [0.25, 0.3) is 0 Å². The molecule has 21 heavy (non-hydrogen) atoms. The number of ether oxygens (including phenoxy) is 1. The Hall–Kier alpha value is -1.89. The topological polar surface area (TPSA) is 93.4 Å². The fourth-order valence-corrected chi connectivity index (χ4v) is 2.29. The molecule has 0 aromatic carbocycles. The fourth-order valence-electron chi connectivity index (χ4n) is 2.29. The molecule has 116 valence electrons. The smallest absolute Gasteiger partial charge is 0.241 e. The van der Waals surface area contributed by atoms with Crippen molar-refractivity contribution in [3.05, 3.63) is 11.9 Å². The Morgan fingerprint density at radius 3 is 2.86 bits per heavy atom. The number of nitrogen functional groups attached to an aromatic ring is 1. The fraction of sp³-hybridized carbons (Fsp3) is 0.643. The number of rotatable bonds is 6. The van der Waals surface area contributed by atoms with Gasteiger partial charge in [-0.2, -0.15) is 0 Å². The minimum Gasteiger partial charge on any atom is -0.384 e. The Morgan fingerprint density at radius 1 is 1.38 bits per heavy atom. The van der Waals surface area contributed by atoms with Gasteiger partial charge in [0.15, 0.2) is 5.82 Å². The lowest BCUT2D eigenvalue weighted by Crippen LogP contribution is -2.39. The average molecular weight is 293 g/mol. The van der Waals surface area contributed by atoms with Crippen molar-refractivity contribution in [1.29, 1.82) is 0 Å². The third kappa shape index (κ3) is 4.86. The molecule has 0 saturated carbocycles. The average Bonchev–Trinajstić information content (AvgIpc) is 2.51. The highest BCUT2D eigenvalue weighted by atomic mass is 16.5. The lowest BCUT2D eigenvalue weighted by molar-refractivity contribution is -0.130. The normalized spacial score (nSPS) is 15.0. The van der Waals surface area contributed by atoms with Crippen molar-refractivity contribution in [2.45, 2.75) is 32.8 Å². The number of amides is 1. The van der Waals surface area contributed by atoms with Gasteiger partial charge in [0, 0.05) is 25.8 Å². The van der Waals surface area contributed by atoms with Gasteiger partial charge in [-0.15, -0.1) is 0 Å². The molecule has 0 aliphatic carbocycles. The van der Waals surface area contributed by atoms with Crippen LogP contribution in [-0.4, -0.2) is 47.0 Å². The summed E-state index contributed by atoms with van der Waals surface area (Å²) in [6.45, 7) is 4.74. The lowest BCUT2D eigenvalue weighted by Gasteiger charge is -2.26. The summed E-state index contributed by atoms with van der Waals surface area (Å²) in [4.78, 5) is 22.4. The van der Waals surface area contributed by atoms with Gasteiger partial charge >= 0.3 is 0 Å². The highest BCUT2D eigenvalue weighted by Gasteiger charge is 2.16. The molecule has 7 heteroatoms. The summed E-state index contributed by atoms with van der Waals surface area (Å²) in [6.07, 6.45) is 3.38. The van der Waals surface area contributed by atoms with Crippen molar-refractivity contribution in [1.82, 2.24) is 14.9 Å². The van der Waals surface area contributed by atoms with Crippen molar-refractivity contribution in [2.75, 3.05) is 37.3 Å². The van der Waals surface area contributed by atoms with Crippen LogP contribution >= 0.6 is 0 Å². The summed E-state index contributed by atoms with van der Waals surface area (Å²) in [5.41, 5.74) is 5.74. The molecule has 2 heterocycles. The number of likely N-dealkylation sites (tertiary alicyclic amines) is 1. The van der Waals surface area contributed by atoms with Crippen LogP contribution in [0, 0.1) is 0 Å². The van der Waals surface area contributed by atoms with E-state index < -0.39 is 0 Å². The molecule has 0 spiro atoms. The standard InChI is InChI=1S/C14H23N5O2/c1-2-21-10-13-17-11(15)8-12(18-13)16-9-14(20)19-6-4-3-5-7-19/h8H,2-7,9-10H2,1H3,(H3,15,16,17,18). The van der Waals surface area contributed by atoms with Crippen molar-refractivity contribution < 1.29 is 9.53 Å². The number of hydrogen-bond acceptors (Lipinski definition) is 6. The van der Waals surface area contributed by atoms with Crippen LogP contribution in [0.1, 0.15) is 32.0 Å². The van der Waals surface area contributed by atoms with E-state index in [1.54, 1.807) is 6.07 Å². The number of piperidine rings is 1. The van der Waals surface area contributed by atoms with Crippen LogP contribution < -0.4 is 11.1 Å². The Bertz CT molecular complexity index is 474. The van der Waals surface area contributed by atoms with E-state index in [2.05, 4.69) is 15.3 Å². The second-order valence-electron chi connectivity index (χ2n) is 5.03. The number of nitrogens with one attached hydrogen (secondary N) is 1. The molecule has 0 bridgehead atoms. The number of nitrogens with zero attached hydrogens (tertiary/aromatic N) is 3. The van der Waals surface area contributed by atoms with E-state index in [4.69, 9.17) is 10.5 Å². The van der Waals surface area contributed by atoms with Gasteiger partial charge in [-0.25, -0.2) is 9.97 Å². The van der Waals surface area contributed by atoms with Crippen molar-refractivity contribution in [2.24, 2.45) is 0 Å². The first kappa shape index (κ1) is 15.5. The minimum atomic E-state index is 0.0956. The molecule has 1 saturated heterocycles. The van der Waals surface area contributed by atoms with Crippen molar-refractivity contribution in [3.63, 3.8) is 0 Å². The third-order valence-electron chi connectivity index (χ3n) is 3.36. The summed E-state index contributed by atoms with van der Waals surface area (Å²) >= 11 is 0. The zero-order valence-corrected chi connectivity index (χ0v) is 12.5. The molecule has 0 radical (unpaired) electrons. The number of anilines is 2. The maximum atomic E-state index is 12.1. The predicted molar refractivity (Wildman–Crippen MR) is 80.7 cm³/mol. The largest absolute Gasteiger partial charge is 0.384 e. The SMILES string of the molecule is CCOCc1nc(N)cc(NCC(=O)N2CCCCC2)n1. The van der Waals surface area contributed by atoms with E-state index in [1.165, 1.54) is 6.42 Å². The molecule has 1 aromatic rings. The molecule has 2 rings (SSSR count). The molecule has 1 aliphatic rings. The highest BCUT2D eigenvalue weighted by Crippen LogP contribution is 2.11. The van der Waals surface area contributed by atoms with Crippen molar-refractivity contribution >= 4 is 17.5 Å². The van der Waals surface area contributed by atoms with Crippen LogP contribution in [-0.2, 0) is 16.1 Å². The molecular formula is C14H23N5O2. The Morgan fingerprint density at radius 2 is 2.14 bits per heavy atom. The van der Waals surface area contributed by atoms with Crippen LogP contribution in [0.25, 0.3) is 0 Å². The maximum Gasteiger partial charge on any atom is 0.241 e. The van der Waals surface area contributed by atoms with E-state index in [0.29, 0.717) is 30.7 Å². The number of nitrogens with two attached hydrogens (primary N) is 1. The number of hydrogen-bond donors (Lipinski definition) is 2. The van der Waals surface area contributed by atoms with Crippen molar-refractivity contribution in [3.8, 4) is 0 Å². The lowest BCUT2D eigenvalue weighted by atomic mass is 10.1. The number of carbonyl (C=O) groups is 1. The molecule has 1 aromatic heterocycles. The Balaban J connectivity index is 1.89. The van der Waals surface area contributed by atoms with E-state index in [0.717, 1.165) is 25.9 Å². The zero-order chi connectivity index (χ0) is 15.1. The molecular weight excluding hydrogens is 270 g/mol. The van der Waals surface area contributed by atoms with Gasteiger partial charge in [-0.3, -0.25) is 4.79 Å². The van der Waals surface area contributed by atoms with Gasteiger partial charge in [-0.1, -0.05) is 0 Å². The molecule has 1 aliphatic heterocycles. The first-order valence-electron chi connectivity index (χ1n) is 7.42. The molecule has 0 unspecified atom stereocenters. The maximum absolute atomic E-state index is 12.1.